The van der Waals surface area contributed by atoms with Gasteiger partial charge in [-0.15, -0.1) is 0 Å². The molecule has 164 valence electrons. The van der Waals surface area contributed by atoms with E-state index in [-0.39, 0.29) is 10.6 Å². The van der Waals surface area contributed by atoms with Crippen LogP contribution in [0.15, 0.2) is 59.7 Å². The van der Waals surface area contributed by atoms with Crippen molar-refractivity contribution in [1.82, 2.24) is 5.01 Å². The fourth-order valence-corrected chi connectivity index (χ4v) is 4.34. The Morgan fingerprint density at radius 2 is 1.62 bits per heavy atom. The molecule has 4 rings (SSSR count). The average Bonchev–Trinajstić information content (AvgIpc) is 3.20. The number of carbonyl (C=O) groups is 1. The van der Waals surface area contributed by atoms with Crippen LogP contribution in [0.2, 0.25) is 0 Å². The highest BCUT2D eigenvalue weighted by Gasteiger charge is 2.38. The lowest BCUT2D eigenvalue weighted by Gasteiger charge is -2.23. The monoisotopic (exact) mass is 464 g/mol. The van der Waals surface area contributed by atoms with E-state index in [1.54, 1.807) is 24.3 Å². The van der Waals surface area contributed by atoms with Gasteiger partial charge in [0.05, 0.1) is 7.11 Å². The lowest BCUT2D eigenvalue weighted by atomic mass is 10.1. The number of amides is 1. The Hall–Kier alpha value is -3.40. The number of benzene rings is 3. The van der Waals surface area contributed by atoms with Crippen molar-refractivity contribution >= 4 is 22.7 Å². The molecule has 1 aliphatic rings. The van der Waals surface area contributed by atoms with E-state index in [2.05, 4.69) is 5.10 Å². The molecular weight excluding hydrogens is 451 g/mol. The minimum absolute atomic E-state index is 0.107. The van der Waals surface area contributed by atoms with Crippen molar-refractivity contribution in [2.75, 3.05) is 7.11 Å². The van der Waals surface area contributed by atoms with Crippen molar-refractivity contribution in [3.05, 3.63) is 100 Å². The molecule has 3 aromatic carbocycles. The second-order valence-electron chi connectivity index (χ2n) is 6.64. The zero-order chi connectivity index (χ0) is 23.0. The summed E-state index contributed by atoms with van der Waals surface area (Å²) in [6, 6.07) is 10.4. The van der Waals surface area contributed by atoms with Gasteiger partial charge in [-0.2, -0.15) is 5.10 Å². The van der Waals surface area contributed by atoms with E-state index in [0.717, 1.165) is 28.9 Å². The number of ether oxygens (including phenoxy) is 1. The summed E-state index contributed by atoms with van der Waals surface area (Å²) in [5.74, 6) is -6.98. The summed E-state index contributed by atoms with van der Waals surface area (Å²) < 4.78 is 74.4. The molecular formula is C22H13F5N2O2S. The SMILES string of the molecule is COc1ccccc1C1SC(c2ccc(F)c(F)c2)=NN1C(=O)c1c(F)cc(F)cc1F. The molecule has 1 unspecified atom stereocenters. The van der Waals surface area contributed by atoms with Crippen molar-refractivity contribution in [2.45, 2.75) is 5.37 Å². The van der Waals surface area contributed by atoms with Crippen LogP contribution in [0, 0.1) is 29.1 Å². The Bertz CT molecular complexity index is 1230. The van der Waals surface area contributed by atoms with Gasteiger partial charge >= 0.3 is 0 Å². The van der Waals surface area contributed by atoms with Crippen molar-refractivity contribution in [1.29, 1.82) is 0 Å². The number of carbonyl (C=O) groups excluding carboxylic acids is 1. The predicted octanol–water partition coefficient (Wildman–Crippen LogP) is 5.64. The molecule has 0 bridgehead atoms. The fourth-order valence-electron chi connectivity index (χ4n) is 3.16. The van der Waals surface area contributed by atoms with Crippen LogP contribution in [-0.2, 0) is 0 Å². The number of halogens is 5. The van der Waals surface area contributed by atoms with E-state index >= 15 is 0 Å². The first-order valence-electron chi connectivity index (χ1n) is 9.12. The van der Waals surface area contributed by atoms with E-state index in [9.17, 15) is 26.7 Å². The van der Waals surface area contributed by atoms with Gasteiger partial charge < -0.3 is 4.74 Å². The number of hydrogen-bond acceptors (Lipinski definition) is 4. The molecule has 4 nitrogen and oxygen atoms in total. The fraction of sp³-hybridized carbons (Fsp3) is 0.0909. The van der Waals surface area contributed by atoms with Crippen molar-refractivity contribution in [3.63, 3.8) is 0 Å². The molecule has 1 heterocycles. The molecule has 0 radical (unpaired) electrons. The molecule has 0 aromatic heterocycles. The molecule has 32 heavy (non-hydrogen) atoms. The van der Waals surface area contributed by atoms with Gasteiger partial charge in [-0.05, 0) is 24.3 Å². The standard InChI is InChI=1S/C22H13F5N2O2S/c1-31-18-5-3-2-4-13(18)22-29(21(30)19-16(26)9-12(23)10-17(19)27)28-20(32-22)11-6-7-14(24)15(25)8-11/h2-10,22H,1H3. The summed E-state index contributed by atoms with van der Waals surface area (Å²) in [6.07, 6.45) is 0. The third kappa shape index (κ3) is 3.93. The first-order valence-corrected chi connectivity index (χ1v) is 10.00. The topological polar surface area (TPSA) is 41.9 Å². The Morgan fingerprint density at radius 3 is 2.28 bits per heavy atom. The summed E-state index contributed by atoms with van der Waals surface area (Å²) >= 11 is 0.974. The van der Waals surface area contributed by atoms with E-state index in [1.165, 1.54) is 13.2 Å². The Balaban J connectivity index is 1.83. The number of hydrazone groups is 1. The largest absolute Gasteiger partial charge is 0.496 e. The second kappa shape index (κ2) is 8.62. The smallest absolute Gasteiger partial charge is 0.281 e. The highest BCUT2D eigenvalue weighted by molar-refractivity contribution is 8.14. The highest BCUT2D eigenvalue weighted by Crippen LogP contribution is 2.45. The predicted molar refractivity (Wildman–Crippen MR) is 109 cm³/mol. The Morgan fingerprint density at radius 1 is 0.938 bits per heavy atom. The van der Waals surface area contributed by atoms with Crippen molar-refractivity contribution in [3.8, 4) is 5.75 Å². The first kappa shape index (κ1) is 21.8. The summed E-state index contributed by atoms with van der Waals surface area (Å²) in [7, 11) is 1.40. The average molecular weight is 464 g/mol. The van der Waals surface area contributed by atoms with Gasteiger partial charge in [-0.3, -0.25) is 4.79 Å². The second-order valence-corrected chi connectivity index (χ2v) is 7.71. The minimum Gasteiger partial charge on any atom is -0.496 e. The number of rotatable bonds is 4. The Kier molecular flexibility index (Phi) is 5.88. The van der Waals surface area contributed by atoms with Crippen LogP contribution in [-0.4, -0.2) is 23.1 Å². The summed E-state index contributed by atoms with van der Waals surface area (Å²) in [5.41, 5.74) is -0.399. The number of thioether (sulfide) groups is 1. The molecule has 1 amide bonds. The molecule has 0 saturated heterocycles. The van der Waals surface area contributed by atoms with Gasteiger partial charge in [0, 0.05) is 23.3 Å². The van der Waals surface area contributed by atoms with Crippen LogP contribution < -0.4 is 4.74 Å². The van der Waals surface area contributed by atoms with Gasteiger partial charge in [-0.1, -0.05) is 30.0 Å². The molecule has 0 fully saturated rings. The van der Waals surface area contributed by atoms with Crippen LogP contribution in [0.1, 0.15) is 26.9 Å². The maximum atomic E-state index is 14.3. The molecule has 0 aliphatic carbocycles. The molecule has 1 atom stereocenters. The molecule has 10 heteroatoms. The molecule has 0 N–H and O–H groups in total. The van der Waals surface area contributed by atoms with Crippen LogP contribution in [0.4, 0.5) is 22.0 Å². The maximum Gasteiger partial charge on any atom is 0.281 e. The van der Waals surface area contributed by atoms with E-state index in [1.807, 2.05) is 0 Å². The maximum absolute atomic E-state index is 14.3. The minimum atomic E-state index is -1.40. The van der Waals surface area contributed by atoms with Gasteiger partial charge in [0.25, 0.3) is 5.91 Å². The molecule has 3 aromatic rings. The highest BCUT2D eigenvalue weighted by atomic mass is 32.2. The number of methoxy groups -OCH3 is 1. The van der Waals surface area contributed by atoms with Gasteiger partial charge in [0.15, 0.2) is 11.6 Å². The first-order chi connectivity index (χ1) is 15.3. The third-order valence-electron chi connectivity index (χ3n) is 4.64. The van der Waals surface area contributed by atoms with Crippen LogP contribution >= 0.6 is 11.8 Å². The van der Waals surface area contributed by atoms with E-state index in [4.69, 9.17) is 4.74 Å². The van der Waals surface area contributed by atoms with Crippen LogP contribution in [0.25, 0.3) is 0 Å². The van der Waals surface area contributed by atoms with Crippen molar-refractivity contribution < 1.29 is 31.5 Å². The van der Waals surface area contributed by atoms with E-state index < -0.39 is 45.9 Å². The number of hydrogen-bond donors (Lipinski definition) is 0. The third-order valence-corrected chi connectivity index (χ3v) is 5.86. The molecule has 0 saturated carbocycles. The van der Waals surface area contributed by atoms with Gasteiger partial charge in [0.1, 0.15) is 39.2 Å². The van der Waals surface area contributed by atoms with Crippen molar-refractivity contribution in [2.24, 2.45) is 5.10 Å². The summed E-state index contributed by atoms with van der Waals surface area (Å²) in [4.78, 5) is 13.1. The van der Waals surface area contributed by atoms with Crippen LogP contribution in [0.5, 0.6) is 5.75 Å². The molecule has 1 aliphatic heterocycles. The van der Waals surface area contributed by atoms with Gasteiger partial charge in [-0.25, -0.2) is 27.0 Å². The zero-order valence-corrected chi connectivity index (χ0v) is 17.1. The summed E-state index contributed by atoms with van der Waals surface area (Å²) in [6.45, 7) is 0. The summed E-state index contributed by atoms with van der Waals surface area (Å²) in [5, 5.41) is 4.09. The zero-order valence-electron chi connectivity index (χ0n) is 16.3. The lowest BCUT2D eigenvalue weighted by Crippen LogP contribution is -2.28. The Labute approximate surface area is 183 Å². The molecule has 0 spiro atoms. The normalized spacial score (nSPS) is 15.6. The number of para-hydroxylation sites is 1. The quantitative estimate of drug-likeness (QED) is 0.470. The van der Waals surface area contributed by atoms with E-state index in [0.29, 0.717) is 23.4 Å². The number of nitrogens with zero attached hydrogens (tertiary/aromatic N) is 2. The lowest BCUT2D eigenvalue weighted by molar-refractivity contribution is 0.0738. The van der Waals surface area contributed by atoms with Gasteiger partial charge in [0.2, 0.25) is 0 Å². The van der Waals surface area contributed by atoms with Crippen LogP contribution in [0.3, 0.4) is 0 Å².